The zero-order chi connectivity index (χ0) is 13.0. The molecule has 0 saturated heterocycles. The Balaban J connectivity index is 1.98. The number of halogens is 1. The van der Waals surface area contributed by atoms with Crippen molar-refractivity contribution in [2.45, 2.75) is 0 Å². The highest BCUT2D eigenvalue weighted by Gasteiger charge is 2.11. The molecule has 0 aromatic heterocycles. The van der Waals surface area contributed by atoms with E-state index in [1.165, 1.54) is 18.9 Å². The molecule has 0 fully saturated rings. The first-order chi connectivity index (χ1) is 8.69. The number of carbonyl (C=O) groups excluding carboxylic acids is 1. The lowest BCUT2D eigenvalue weighted by Crippen LogP contribution is -2.31. The summed E-state index contributed by atoms with van der Waals surface area (Å²) in [6.07, 6.45) is 0. The lowest BCUT2D eigenvalue weighted by atomic mass is 10.3. The average molecular weight is 286 g/mol. The van der Waals surface area contributed by atoms with Crippen molar-refractivity contribution in [2.24, 2.45) is 4.99 Å². The fourth-order valence-corrected chi connectivity index (χ4v) is 2.33. The van der Waals surface area contributed by atoms with Crippen LogP contribution in [0.3, 0.4) is 0 Å². The lowest BCUT2D eigenvalue weighted by Gasteiger charge is -2.09. The number of amidine groups is 1. The summed E-state index contributed by atoms with van der Waals surface area (Å²) in [5, 5.41) is 6.50. The molecule has 1 aliphatic rings. The Morgan fingerprint density at radius 3 is 3.00 bits per heavy atom. The summed E-state index contributed by atoms with van der Waals surface area (Å²) < 4.78 is 5.07. The fraction of sp³-hybridized carbons (Fsp3) is 0.273. The molecule has 0 bridgehead atoms. The Labute approximate surface area is 114 Å². The number of thioether (sulfide) groups is 1. The van der Waals surface area contributed by atoms with Gasteiger partial charge < -0.3 is 10.1 Å². The number of ether oxygens (including phenoxy) is 1. The maximum absolute atomic E-state index is 11.7. The van der Waals surface area contributed by atoms with Gasteiger partial charge in [0.25, 0.3) is 0 Å². The minimum Gasteiger partial charge on any atom is -0.495 e. The number of methoxy groups -OCH3 is 1. The van der Waals surface area contributed by atoms with Crippen molar-refractivity contribution in [3.63, 3.8) is 0 Å². The summed E-state index contributed by atoms with van der Waals surface area (Å²) in [5.41, 5.74) is 0.609. The quantitative estimate of drug-likeness (QED) is 0.878. The van der Waals surface area contributed by atoms with Crippen LogP contribution in [0.5, 0.6) is 5.75 Å². The molecule has 2 N–H and O–H groups in total. The average Bonchev–Trinajstić information content (AvgIpc) is 2.84. The van der Waals surface area contributed by atoms with Gasteiger partial charge in [-0.3, -0.25) is 10.3 Å². The molecule has 0 atom stereocenters. The maximum atomic E-state index is 11.7. The van der Waals surface area contributed by atoms with Crippen LogP contribution in [-0.4, -0.2) is 30.6 Å². The minimum atomic E-state index is -0.326. The number of amides is 2. The molecule has 2 rings (SSSR count). The molecule has 0 spiro atoms. The molecule has 0 saturated carbocycles. The van der Waals surface area contributed by atoms with Gasteiger partial charge in [0.05, 0.1) is 18.7 Å². The lowest BCUT2D eigenvalue weighted by molar-refractivity contribution is 0.256. The molecular weight excluding hydrogens is 274 g/mol. The van der Waals surface area contributed by atoms with Crippen LogP contribution in [0.4, 0.5) is 10.5 Å². The van der Waals surface area contributed by atoms with Gasteiger partial charge >= 0.3 is 6.03 Å². The highest BCUT2D eigenvalue weighted by molar-refractivity contribution is 8.14. The molecule has 0 aliphatic carbocycles. The van der Waals surface area contributed by atoms with Gasteiger partial charge in [0.1, 0.15) is 5.75 Å². The van der Waals surface area contributed by atoms with Gasteiger partial charge in [-0.25, -0.2) is 4.79 Å². The van der Waals surface area contributed by atoms with Crippen molar-refractivity contribution < 1.29 is 9.53 Å². The van der Waals surface area contributed by atoms with Gasteiger partial charge in [-0.15, -0.1) is 0 Å². The number of anilines is 1. The molecule has 1 aromatic carbocycles. The second kappa shape index (κ2) is 5.97. The molecule has 5 nitrogen and oxygen atoms in total. The van der Waals surface area contributed by atoms with Crippen molar-refractivity contribution in [2.75, 3.05) is 24.7 Å². The number of urea groups is 1. The Morgan fingerprint density at radius 2 is 2.33 bits per heavy atom. The van der Waals surface area contributed by atoms with E-state index in [2.05, 4.69) is 15.6 Å². The SMILES string of the molecule is COc1cc(NC(=O)NC2=NCCS2)ccc1Cl. The number of hydrogen-bond acceptors (Lipinski definition) is 4. The first kappa shape index (κ1) is 13.0. The fourth-order valence-electron chi connectivity index (χ4n) is 1.41. The van der Waals surface area contributed by atoms with E-state index in [4.69, 9.17) is 16.3 Å². The first-order valence-electron chi connectivity index (χ1n) is 5.28. The number of nitrogens with zero attached hydrogens (tertiary/aromatic N) is 1. The van der Waals surface area contributed by atoms with Crippen molar-refractivity contribution in [1.82, 2.24) is 5.32 Å². The van der Waals surface area contributed by atoms with E-state index in [0.29, 0.717) is 21.6 Å². The zero-order valence-corrected chi connectivity index (χ0v) is 11.3. The molecule has 1 aromatic rings. The zero-order valence-electron chi connectivity index (χ0n) is 9.70. The highest BCUT2D eigenvalue weighted by Crippen LogP contribution is 2.27. The van der Waals surface area contributed by atoms with E-state index in [9.17, 15) is 4.79 Å². The van der Waals surface area contributed by atoms with Crippen molar-refractivity contribution in [1.29, 1.82) is 0 Å². The summed E-state index contributed by atoms with van der Waals surface area (Å²) in [6, 6.07) is 4.70. The van der Waals surface area contributed by atoms with Gasteiger partial charge in [0.2, 0.25) is 0 Å². The Bertz CT molecular complexity index is 493. The monoisotopic (exact) mass is 285 g/mol. The van der Waals surface area contributed by atoms with Crippen molar-refractivity contribution >= 4 is 40.2 Å². The van der Waals surface area contributed by atoms with Crippen LogP contribution in [0.15, 0.2) is 23.2 Å². The predicted octanol–water partition coefficient (Wildman–Crippen LogP) is 2.57. The minimum absolute atomic E-state index is 0.326. The van der Waals surface area contributed by atoms with Crippen LogP contribution in [0.25, 0.3) is 0 Å². The number of benzene rings is 1. The highest BCUT2D eigenvalue weighted by atomic mass is 35.5. The van der Waals surface area contributed by atoms with Crippen LogP contribution in [0, 0.1) is 0 Å². The molecular formula is C11H12ClN3O2S. The topological polar surface area (TPSA) is 62.7 Å². The molecule has 2 amide bonds. The third kappa shape index (κ3) is 3.30. The largest absolute Gasteiger partial charge is 0.495 e. The molecule has 7 heteroatoms. The van der Waals surface area contributed by atoms with Gasteiger partial charge in [-0.1, -0.05) is 23.4 Å². The van der Waals surface area contributed by atoms with Crippen LogP contribution >= 0.6 is 23.4 Å². The maximum Gasteiger partial charge on any atom is 0.325 e. The van der Waals surface area contributed by atoms with Gasteiger partial charge in [-0.05, 0) is 12.1 Å². The normalized spacial score (nSPS) is 14.0. The van der Waals surface area contributed by atoms with Crippen LogP contribution < -0.4 is 15.4 Å². The van der Waals surface area contributed by atoms with Crippen molar-refractivity contribution in [3.05, 3.63) is 23.2 Å². The smallest absolute Gasteiger partial charge is 0.325 e. The number of rotatable bonds is 2. The standard InChI is InChI=1S/C11H12ClN3O2S/c1-17-9-6-7(2-3-8(9)12)14-10(16)15-11-13-4-5-18-11/h2-3,6H,4-5H2,1H3,(H2,13,14,15,16). The molecule has 1 aliphatic heterocycles. The second-order valence-electron chi connectivity index (χ2n) is 3.46. The van der Waals surface area contributed by atoms with Crippen LogP contribution in [0.2, 0.25) is 5.02 Å². The van der Waals surface area contributed by atoms with Crippen molar-refractivity contribution in [3.8, 4) is 5.75 Å². The summed E-state index contributed by atoms with van der Waals surface area (Å²) >= 11 is 7.42. The number of nitrogens with one attached hydrogen (secondary N) is 2. The van der Waals surface area contributed by atoms with Crippen LogP contribution in [-0.2, 0) is 0 Å². The predicted molar refractivity (Wildman–Crippen MR) is 74.9 cm³/mol. The number of hydrogen-bond donors (Lipinski definition) is 2. The third-order valence-corrected chi connectivity index (χ3v) is 3.42. The van der Waals surface area contributed by atoms with Crippen LogP contribution in [0.1, 0.15) is 0 Å². The van der Waals surface area contributed by atoms with E-state index in [-0.39, 0.29) is 6.03 Å². The van der Waals surface area contributed by atoms with E-state index in [1.54, 1.807) is 18.2 Å². The van der Waals surface area contributed by atoms with Gasteiger partial charge in [0, 0.05) is 17.5 Å². The molecule has 0 radical (unpaired) electrons. The van der Waals surface area contributed by atoms with E-state index >= 15 is 0 Å². The first-order valence-corrected chi connectivity index (χ1v) is 6.64. The Hall–Kier alpha value is -1.40. The third-order valence-electron chi connectivity index (χ3n) is 2.21. The molecule has 96 valence electrons. The van der Waals surface area contributed by atoms with E-state index < -0.39 is 0 Å². The second-order valence-corrected chi connectivity index (χ2v) is 4.95. The van der Waals surface area contributed by atoms with E-state index in [0.717, 1.165) is 12.3 Å². The molecule has 0 unspecified atom stereocenters. The summed E-state index contributed by atoms with van der Waals surface area (Å²) in [4.78, 5) is 15.8. The van der Waals surface area contributed by atoms with Gasteiger partial charge in [-0.2, -0.15) is 0 Å². The number of aliphatic imine (C=N–C) groups is 1. The Morgan fingerprint density at radius 1 is 1.50 bits per heavy atom. The molecule has 18 heavy (non-hydrogen) atoms. The Kier molecular flexibility index (Phi) is 4.33. The van der Waals surface area contributed by atoms with E-state index in [1.807, 2.05) is 0 Å². The molecule has 1 heterocycles. The summed E-state index contributed by atoms with van der Waals surface area (Å²) in [5.74, 6) is 1.42. The summed E-state index contributed by atoms with van der Waals surface area (Å²) in [6.45, 7) is 0.745. The van der Waals surface area contributed by atoms with Gasteiger partial charge in [0.15, 0.2) is 5.17 Å². The summed E-state index contributed by atoms with van der Waals surface area (Å²) in [7, 11) is 1.52. The number of carbonyl (C=O) groups is 1.